The molecule has 0 aliphatic carbocycles. The van der Waals surface area contributed by atoms with Crippen molar-refractivity contribution in [3.05, 3.63) is 89.7 Å². The Morgan fingerprint density at radius 3 is 2.56 bits per heavy atom. The van der Waals surface area contributed by atoms with Gasteiger partial charge in [0.25, 0.3) is 5.91 Å². The third-order valence-corrected chi connectivity index (χ3v) is 7.73. The van der Waals surface area contributed by atoms with Crippen molar-refractivity contribution in [2.24, 2.45) is 0 Å². The molecule has 2 fully saturated rings. The first-order valence-electron chi connectivity index (χ1n) is 12.9. The van der Waals surface area contributed by atoms with E-state index in [1.54, 1.807) is 19.0 Å². The van der Waals surface area contributed by atoms with Gasteiger partial charge < -0.3 is 10.0 Å². The highest BCUT2D eigenvalue weighted by molar-refractivity contribution is 5.95. The maximum absolute atomic E-state index is 12.4. The molecule has 2 saturated heterocycles. The topological polar surface area (TPSA) is 59.9 Å². The summed E-state index contributed by atoms with van der Waals surface area (Å²) >= 11 is 0. The summed E-state index contributed by atoms with van der Waals surface area (Å²) in [6, 6.07) is 21.3. The standard InChI is InChI=1S/C30H36N4O2/c1-32(2)30(36)26-9-5-8-25(17-26)23-10-12-24(13-11-23)29-27-20-33(19-22-7-6-14-31-18-22)15-3-4-16-34(27)28(29)21-35/h5-14,17-18,27-29,35H,3-4,15-16,19-21H2,1-2H3/t27-,28+,29-/m0/s1. The molecule has 36 heavy (non-hydrogen) atoms. The van der Waals surface area contributed by atoms with Crippen LogP contribution in [0.1, 0.15) is 40.2 Å². The summed E-state index contributed by atoms with van der Waals surface area (Å²) in [5.41, 5.74) is 5.36. The lowest BCUT2D eigenvalue weighted by Crippen LogP contribution is -2.67. The zero-order valence-corrected chi connectivity index (χ0v) is 21.3. The van der Waals surface area contributed by atoms with Gasteiger partial charge in [0, 0.05) is 63.1 Å². The van der Waals surface area contributed by atoms with Crippen molar-refractivity contribution in [2.45, 2.75) is 37.4 Å². The van der Waals surface area contributed by atoms with Crippen LogP contribution in [0.15, 0.2) is 73.1 Å². The number of carbonyl (C=O) groups excluding carboxylic acids is 1. The van der Waals surface area contributed by atoms with Crippen LogP contribution in [-0.4, -0.2) is 83.1 Å². The highest BCUT2D eigenvalue weighted by atomic mass is 16.3. The third kappa shape index (κ3) is 5.07. The zero-order valence-electron chi connectivity index (χ0n) is 21.3. The minimum Gasteiger partial charge on any atom is -0.395 e. The molecule has 1 N–H and O–H groups in total. The SMILES string of the molecule is CN(C)C(=O)c1cccc(-c2ccc([C@@H]3[C@@H](CO)N4CCCCN(Cc5cccnc5)C[C@@H]34)cc2)c1. The average Bonchev–Trinajstić information content (AvgIpc) is 2.89. The van der Waals surface area contributed by atoms with Crippen molar-refractivity contribution in [2.75, 3.05) is 40.3 Å². The molecule has 2 aliphatic heterocycles. The minimum atomic E-state index is 0.00828. The summed E-state index contributed by atoms with van der Waals surface area (Å²) in [7, 11) is 3.55. The fourth-order valence-corrected chi connectivity index (χ4v) is 5.89. The van der Waals surface area contributed by atoms with Gasteiger partial charge in [0.05, 0.1) is 6.61 Å². The Morgan fingerprint density at radius 2 is 1.83 bits per heavy atom. The van der Waals surface area contributed by atoms with Crippen molar-refractivity contribution in [3.8, 4) is 11.1 Å². The van der Waals surface area contributed by atoms with Gasteiger partial charge in [-0.2, -0.15) is 0 Å². The highest BCUT2D eigenvalue weighted by Crippen LogP contribution is 2.42. The fraction of sp³-hybridized carbons (Fsp3) is 0.400. The molecule has 1 aromatic heterocycles. The lowest BCUT2D eigenvalue weighted by Gasteiger charge is -2.57. The number of hydrogen-bond donors (Lipinski definition) is 1. The number of nitrogens with zero attached hydrogens (tertiary/aromatic N) is 4. The van der Waals surface area contributed by atoms with E-state index >= 15 is 0 Å². The predicted molar refractivity (Wildman–Crippen MR) is 143 cm³/mol. The zero-order chi connectivity index (χ0) is 25.1. The van der Waals surface area contributed by atoms with Gasteiger partial charge in [-0.05, 0) is 66.4 Å². The molecule has 0 bridgehead atoms. The predicted octanol–water partition coefficient (Wildman–Crippen LogP) is 3.88. The van der Waals surface area contributed by atoms with Gasteiger partial charge in [-0.1, -0.05) is 42.5 Å². The largest absolute Gasteiger partial charge is 0.395 e. The van der Waals surface area contributed by atoms with Gasteiger partial charge in [0.2, 0.25) is 0 Å². The molecule has 6 nitrogen and oxygen atoms in total. The molecule has 2 aromatic carbocycles. The summed E-state index contributed by atoms with van der Waals surface area (Å²) in [5.74, 6) is 0.314. The quantitative estimate of drug-likeness (QED) is 0.576. The number of hydrogen-bond acceptors (Lipinski definition) is 5. The van der Waals surface area contributed by atoms with Crippen LogP contribution in [0.25, 0.3) is 11.1 Å². The number of rotatable bonds is 6. The first-order valence-corrected chi connectivity index (χ1v) is 12.9. The van der Waals surface area contributed by atoms with E-state index in [1.807, 2.05) is 42.7 Å². The molecule has 3 heterocycles. The highest BCUT2D eigenvalue weighted by Gasteiger charge is 2.49. The van der Waals surface area contributed by atoms with Crippen LogP contribution in [0, 0.1) is 0 Å². The summed E-state index contributed by atoms with van der Waals surface area (Å²) < 4.78 is 0. The van der Waals surface area contributed by atoms with Gasteiger partial charge in [0.15, 0.2) is 0 Å². The lowest BCUT2D eigenvalue weighted by molar-refractivity contribution is -0.0655. The van der Waals surface area contributed by atoms with E-state index in [0.717, 1.165) is 43.7 Å². The van der Waals surface area contributed by atoms with Crippen LogP contribution in [0.2, 0.25) is 0 Å². The number of aliphatic hydroxyl groups is 1. The molecule has 3 atom stereocenters. The van der Waals surface area contributed by atoms with Crippen LogP contribution in [0.4, 0.5) is 0 Å². The molecular weight excluding hydrogens is 448 g/mol. The smallest absolute Gasteiger partial charge is 0.253 e. The monoisotopic (exact) mass is 484 g/mol. The number of pyridine rings is 1. The summed E-state index contributed by atoms with van der Waals surface area (Å²) in [6.45, 7) is 4.23. The number of carbonyl (C=O) groups is 1. The molecule has 5 rings (SSSR count). The lowest BCUT2D eigenvalue weighted by atomic mass is 9.74. The van der Waals surface area contributed by atoms with E-state index in [9.17, 15) is 9.90 Å². The van der Waals surface area contributed by atoms with E-state index in [1.165, 1.54) is 17.5 Å². The van der Waals surface area contributed by atoms with Crippen molar-refractivity contribution in [1.29, 1.82) is 0 Å². The van der Waals surface area contributed by atoms with Crippen LogP contribution in [0.3, 0.4) is 0 Å². The first-order chi connectivity index (χ1) is 17.5. The van der Waals surface area contributed by atoms with Gasteiger partial charge in [-0.25, -0.2) is 0 Å². The molecule has 0 spiro atoms. The van der Waals surface area contributed by atoms with Gasteiger partial charge in [0.1, 0.15) is 0 Å². The Labute approximate surface area is 214 Å². The average molecular weight is 485 g/mol. The summed E-state index contributed by atoms with van der Waals surface area (Å²) in [6.07, 6.45) is 6.12. The van der Waals surface area contributed by atoms with Crippen molar-refractivity contribution >= 4 is 5.91 Å². The maximum atomic E-state index is 12.4. The Hall–Kier alpha value is -3.06. The second kappa shape index (κ2) is 10.9. The van der Waals surface area contributed by atoms with Crippen molar-refractivity contribution in [1.82, 2.24) is 19.7 Å². The Balaban J connectivity index is 1.35. The van der Waals surface area contributed by atoms with E-state index in [2.05, 4.69) is 45.1 Å². The number of fused-ring (bicyclic) bond motifs is 1. The van der Waals surface area contributed by atoms with Crippen LogP contribution in [0.5, 0.6) is 0 Å². The second-order valence-electron chi connectivity index (χ2n) is 10.3. The summed E-state index contributed by atoms with van der Waals surface area (Å²) in [4.78, 5) is 23.4. The molecule has 0 unspecified atom stereocenters. The number of aliphatic hydroxyl groups excluding tert-OH is 1. The molecule has 2 aliphatic rings. The van der Waals surface area contributed by atoms with E-state index in [0.29, 0.717) is 17.5 Å². The Kier molecular flexibility index (Phi) is 7.46. The molecule has 188 valence electrons. The van der Waals surface area contributed by atoms with E-state index < -0.39 is 0 Å². The minimum absolute atomic E-state index is 0.00828. The first kappa shape index (κ1) is 24.6. The Bertz CT molecular complexity index is 1170. The van der Waals surface area contributed by atoms with Gasteiger partial charge in [-0.3, -0.25) is 19.6 Å². The molecule has 3 aromatic rings. The number of benzene rings is 2. The van der Waals surface area contributed by atoms with Gasteiger partial charge >= 0.3 is 0 Å². The second-order valence-corrected chi connectivity index (χ2v) is 10.3. The van der Waals surface area contributed by atoms with Crippen LogP contribution < -0.4 is 0 Å². The fourth-order valence-electron chi connectivity index (χ4n) is 5.89. The molecule has 0 radical (unpaired) electrons. The Morgan fingerprint density at radius 1 is 1.03 bits per heavy atom. The van der Waals surface area contributed by atoms with Crippen molar-refractivity contribution < 1.29 is 9.90 Å². The molecule has 0 saturated carbocycles. The molecule has 1 amide bonds. The van der Waals surface area contributed by atoms with Crippen LogP contribution >= 0.6 is 0 Å². The van der Waals surface area contributed by atoms with E-state index in [4.69, 9.17) is 0 Å². The number of aromatic nitrogens is 1. The summed E-state index contributed by atoms with van der Waals surface area (Å²) in [5, 5.41) is 10.3. The van der Waals surface area contributed by atoms with E-state index in [-0.39, 0.29) is 18.6 Å². The molecular formula is C30H36N4O2. The molecule has 6 heteroatoms. The van der Waals surface area contributed by atoms with Crippen molar-refractivity contribution in [3.63, 3.8) is 0 Å². The maximum Gasteiger partial charge on any atom is 0.253 e. The normalized spacial score (nSPS) is 22.7. The number of amides is 1. The third-order valence-electron chi connectivity index (χ3n) is 7.73. The van der Waals surface area contributed by atoms with Gasteiger partial charge in [-0.15, -0.1) is 0 Å². The van der Waals surface area contributed by atoms with Crippen LogP contribution in [-0.2, 0) is 6.54 Å².